The van der Waals surface area contributed by atoms with E-state index in [1.165, 1.54) is 0 Å². The Labute approximate surface area is 126 Å². The van der Waals surface area contributed by atoms with Gasteiger partial charge in [-0.15, -0.1) is 0 Å². The second-order valence-corrected chi connectivity index (χ2v) is 6.69. The summed E-state index contributed by atoms with van der Waals surface area (Å²) in [5.74, 6) is 0.983. The number of hydrogen-bond acceptors (Lipinski definition) is 5. The van der Waals surface area contributed by atoms with Crippen LogP contribution in [0.4, 0.5) is 5.82 Å². The van der Waals surface area contributed by atoms with Crippen molar-refractivity contribution in [2.24, 2.45) is 11.1 Å². The number of aromatic nitrogens is 2. The molecule has 0 atom stereocenters. The minimum absolute atomic E-state index is 0.119. The maximum Gasteiger partial charge on any atom is 0.230 e. The van der Waals surface area contributed by atoms with Crippen molar-refractivity contribution in [1.82, 2.24) is 14.9 Å². The van der Waals surface area contributed by atoms with Crippen molar-refractivity contribution in [3.63, 3.8) is 0 Å². The molecule has 1 aliphatic heterocycles. The maximum absolute atomic E-state index is 12.7. The summed E-state index contributed by atoms with van der Waals surface area (Å²) in [6, 6.07) is 0. The smallest absolute Gasteiger partial charge is 0.230 e. The Morgan fingerprint density at radius 3 is 2.24 bits per heavy atom. The fraction of sp³-hybridized carbons (Fsp3) is 0.667. The summed E-state index contributed by atoms with van der Waals surface area (Å²) in [7, 11) is 0. The molecule has 6 heteroatoms. The lowest BCUT2D eigenvalue weighted by molar-refractivity contribution is -0.143. The molecule has 0 radical (unpaired) electrons. The first-order valence-electron chi connectivity index (χ1n) is 7.33. The monoisotopic (exact) mass is 291 g/mol. The van der Waals surface area contributed by atoms with E-state index >= 15 is 0 Å². The van der Waals surface area contributed by atoms with E-state index in [2.05, 4.69) is 14.9 Å². The number of nitrogens with zero attached hydrogens (tertiary/aromatic N) is 4. The molecule has 0 spiro atoms. The summed E-state index contributed by atoms with van der Waals surface area (Å²) in [5.41, 5.74) is 5.03. The van der Waals surface area contributed by atoms with Crippen LogP contribution >= 0.6 is 0 Å². The Morgan fingerprint density at radius 1 is 1.14 bits per heavy atom. The number of carbonyl (C=O) groups is 1. The highest BCUT2D eigenvalue weighted by Crippen LogP contribution is 2.31. The summed E-state index contributed by atoms with van der Waals surface area (Å²) in [4.78, 5) is 25.1. The van der Waals surface area contributed by atoms with Gasteiger partial charge in [-0.25, -0.2) is 4.98 Å². The fourth-order valence-corrected chi connectivity index (χ4v) is 2.26. The number of amides is 1. The van der Waals surface area contributed by atoms with Crippen molar-refractivity contribution in [2.45, 2.75) is 33.2 Å². The molecule has 2 heterocycles. The molecular formula is C15H25N5O. The first-order valence-corrected chi connectivity index (χ1v) is 7.33. The molecule has 1 aliphatic rings. The summed E-state index contributed by atoms with van der Waals surface area (Å²) in [6.07, 6.45) is 5.10. The SMILES string of the molecule is CC(C)(N)C(C)(C)C(=O)N1CCN(c2cnccn2)CC1. The van der Waals surface area contributed by atoms with Gasteiger partial charge in [-0.05, 0) is 27.7 Å². The van der Waals surface area contributed by atoms with Gasteiger partial charge in [0.15, 0.2) is 0 Å². The molecule has 1 fully saturated rings. The quantitative estimate of drug-likeness (QED) is 0.895. The Hall–Kier alpha value is -1.69. The molecule has 0 bridgehead atoms. The van der Waals surface area contributed by atoms with Crippen LogP contribution in [0.5, 0.6) is 0 Å². The predicted molar refractivity (Wildman–Crippen MR) is 82.9 cm³/mol. The minimum Gasteiger partial charge on any atom is -0.352 e. The number of rotatable bonds is 3. The van der Waals surface area contributed by atoms with Crippen molar-refractivity contribution in [3.05, 3.63) is 18.6 Å². The lowest BCUT2D eigenvalue weighted by Gasteiger charge is -2.43. The Bertz CT molecular complexity index is 487. The van der Waals surface area contributed by atoms with Gasteiger partial charge in [-0.1, -0.05) is 0 Å². The zero-order valence-corrected chi connectivity index (χ0v) is 13.3. The highest BCUT2D eigenvalue weighted by molar-refractivity contribution is 5.83. The molecule has 1 aromatic heterocycles. The van der Waals surface area contributed by atoms with Crippen LogP contribution in [0.3, 0.4) is 0 Å². The third kappa shape index (κ3) is 3.15. The summed E-state index contributed by atoms with van der Waals surface area (Å²) >= 11 is 0. The Balaban J connectivity index is 2.00. The zero-order chi connectivity index (χ0) is 15.7. The average molecular weight is 291 g/mol. The van der Waals surface area contributed by atoms with Crippen LogP contribution in [0.25, 0.3) is 0 Å². The van der Waals surface area contributed by atoms with Crippen molar-refractivity contribution in [1.29, 1.82) is 0 Å². The van der Waals surface area contributed by atoms with Gasteiger partial charge in [0, 0.05) is 44.1 Å². The van der Waals surface area contributed by atoms with E-state index in [1.54, 1.807) is 18.6 Å². The summed E-state index contributed by atoms with van der Waals surface area (Å²) in [5, 5.41) is 0. The lowest BCUT2D eigenvalue weighted by Crippen LogP contribution is -2.59. The molecule has 1 saturated heterocycles. The summed E-state index contributed by atoms with van der Waals surface area (Å²) in [6.45, 7) is 10.6. The lowest BCUT2D eigenvalue weighted by atomic mass is 9.74. The van der Waals surface area contributed by atoms with Gasteiger partial charge in [0.25, 0.3) is 0 Å². The van der Waals surface area contributed by atoms with Crippen LogP contribution in [-0.4, -0.2) is 52.5 Å². The molecule has 0 saturated carbocycles. The number of carbonyl (C=O) groups excluding carboxylic acids is 1. The van der Waals surface area contributed by atoms with Crippen LogP contribution < -0.4 is 10.6 Å². The number of piperazine rings is 1. The predicted octanol–water partition coefficient (Wildman–Crippen LogP) is 0.889. The molecule has 21 heavy (non-hydrogen) atoms. The van der Waals surface area contributed by atoms with Gasteiger partial charge in [0.1, 0.15) is 5.82 Å². The summed E-state index contributed by atoms with van der Waals surface area (Å²) < 4.78 is 0. The number of hydrogen-bond donors (Lipinski definition) is 1. The minimum atomic E-state index is -0.582. The molecule has 1 amide bonds. The maximum atomic E-state index is 12.7. The van der Waals surface area contributed by atoms with Crippen LogP contribution in [0.15, 0.2) is 18.6 Å². The molecule has 0 aromatic carbocycles. The zero-order valence-electron chi connectivity index (χ0n) is 13.3. The van der Waals surface area contributed by atoms with Crippen molar-refractivity contribution < 1.29 is 4.79 Å². The van der Waals surface area contributed by atoms with Crippen LogP contribution in [0.2, 0.25) is 0 Å². The highest BCUT2D eigenvalue weighted by atomic mass is 16.2. The topological polar surface area (TPSA) is 75.4 Å². The van der Waals surface area contributed by atoms with E-state index in [1.807, 2.05) is 32.6 Å². The third-order valence-corrected chi connectivity index (χ3v) is 4.59. The van der Waals surface area contributed by atoms with Gasteiger partial charge in [-0.3, -0.25) is 9.78 Å². The number of anilines is 1. The normalized spacial score (nSPS) is 17.0. The Morgan fingerprint density at radius 2 is 1.76 bits per heavy atom. The van der Waals surface area contributed by atoms with Crippen LogP contribution in [0, 0.1) is 5.41 Å². The second kappa shape index (κ2) is 5.60. The van der Waals surface area contributed by atoms with Gasteiger partial charge in [0.05, 0.1) is 11.6 Å². The van der Waals surface area contributed by atoms with Gasteiger partial charge in [-0.2, -0.15) is 0 Å². The first kappa shape index (κ1) is 15.7. The third-order valence-electron chi connectivity index (χ3n) is 4.59. The van der Waals surface area contributed by atoms with Crippen LogP contribution in [-0.2, 0) is 4.79 Å². The van der Waals surface area contributed by atoms with Crippen molar-refractivity contribution in [3.8, 4) is 0 Å². The molecule has 2 rings (SSSR count). The van der Waals surface area contributed by atoms with E-state index in [-0.39, 0.29) is 5.91 Å². The van der Waals surface area contributed by atoms with Gasteiger partial charge in [0.2, 0.25) is 5.91 Å². The highest BCUT2D eigenvalue weighted by Gasteiger charge is 2.43. The molecular weight excluding hydrogens is 266 g/mol. The fourth-order valence-electron chi connectivity index (χ4n) is 2.26. The molecule has 0 aliphatic carbocycles. The molecule has 116 valence electrons. The van der Waals surface area contributed by atoms with Crippen molar-refractivity contribution in [2.75, 3.05) is 31.1 Å². The van der Waals surface area contributed by atoms with Crippen LogP contribution in [0.1, 0.15) is 27.7 Å². The largest absolute Gasteiger partial charge is 0.352 e. The number of nitrogens with two attached hydrogens (primary N) is 1. The molecule has 2 N–H and O–H groups in total. The van der Waals surface area contributed by atoms with Gasteiger partial charge >= 0.3 is 0 Å². The standard InChI is InChI=1S/C15H25N5O/c1-14(2,15(3,4)16)13(21)20-9-7-19(8-10-20)12-11-17-5-6-18-12/h5-6,11H,7-10,16H2,1-4H3. The Kier molecular flexibility index (Phi) is 4.18. The van der Waals surface area contributed by atoms with E-state index in [0.717, 1.165) is 18.9 Å². The molecule has 0 unspecified atom stereocenters. The van der Waals surface area contributed by atoms with Gasteiger partial charge < -0.3 is 15.5 Å². The van der Waals surface area contributed by atoms with Crippen molar-refractivity contribution >= 4 is 11.7 Å². The van der Waals surface area contributed by atoms with E-state index < -0.39 is 11.0 Å². The molecule has 1 aromatic rings. The molecule has 6 nitrogen and oxygen atoms in total. The average Bonchev–Trinajstić information content (AvgIpc) is 2.46. The second-order valence-electron chi connectivity index (χ2n) is 6.69. The van der Waals surface area contributed by atoms with E-state index in [9.17, 15) is 4.79 Å². The van der Waals surface area contributed by atoms with E-state index in [4.69, 9.17) is 5.73 Å². The first-order chi connectivity index (χ1) is 9.73. The van der Waals surface area contributed by atoms with E-state index in [0.29, 0.717) is 13.1 Å².